The predicted molar refractivity (Wildman–Crippen MR) is 77.2 cm³/mol. The van der Waals surface area contributed by atoms with Crippen molar-refractivity contribution >= 4 is 5.69 Å². The molecule has 0 saturated heterocycles. The lowest BCUT2D eigenvalue weighted by atomic mass is 10.00. The van der Waals surface area contributed by atoms with E-state index in [0.717, 1.165) is 17.8 Å². The van der Waals surface area contributed by atoms with E-state index in [1.807, 2.05) is 42.1 Å². The predicted octanol–water partition coefficient (Wildman–Crippen LogP) is 2.50. The van der Waals surface area contributed by atoms with Crippen molar-refractivity contribution in [3.05, 3.63) is 48.3 Å². The van der Waals surface area contributed by atoms with Crippen LogP contribution < -0.4 is 5.32 Å². The topological polar surface area (TPSA) is 50.1 Å². The van der Waals surface area contributed by atoms with E-state index in [9.17, 15) is 5.11 Å². The van der Waals surface area contributed by atoms with Crippen LogP contribution in [0.3, 0.4) is 0 Å². The quantitative estimate of drug-likeness (QED) is 0.867. The average Bonchev–Trinajstić information content (AvgIpc) is 2.83. The molecule has 0 amide bonds. The van der Waals surface area contributed by atoms with Crippen LogP contribution in [0.2, 0.25) is 0 Å². The van der Waals surface area contributed by atoms with Crippen molar-refractivity contribution < 1.29 is 5.11 Å². The van der Waals surface area contributed by atoms with E-state index in [-0.39, 0.29) is 6.04 Å². The largest absolute Gasteiger partial charge is 0.388 e. The van der Waals surface area contributed by atoms with Gasteiger partial charge in [-0.3, -0.25) is 4.68 Å². The van der Waals surface area contributed by atoms with E-state index < -0.39 is 5.60 Å². The Hall–Kier alpha value is -1.81. The smallest absolute Gasteiger partial charge is 0.0789 e. The summed E-state index contributed by atoms with van der Waals surface area (Å²) in [5.41, 5.74) is 1.42. The normalized spacial score (nSPS) is 13.3. The zero-order valence-corrected chi connectivity index (χ0v) is 11.7. The van der Waals surface area contributed by atoms with Crippen LogP contribution in [-0.2, 0) is 6.54 Å². The Morgan fingerprint density at radius 2 is 2.05 bits per heavy atom. The van der Waals surface area contributed by atoms with Gasteiger partial charge in [0.1, 0.15) is 0 Å². The standard InChI is InChI=1S/C15H21N3O/c1-12(15(2,3)19)17-14-8-5-4-7-13(14)11-18-10-6-9-16-18/h4-10,12,17,19H,11H2,1-3H3. The van der Waals surface area contributed by atoms with Crippen LogP contribution in [0, 0.1) is 0 Å². The zero-order chi connectivity index (χ0) is 13.9. The zero-order valence-electron chi connectivity index (χ0n) is 11.7. The molecule has 0 aliphatic heterocycles. The Morgan fingerprint density at radius 3 is 2.68 bits per heavy atom. The van der Waals surface area contributed by atoms with Gasteiger partial charge >= 0.3 is 0 Å². The fourth-order valence-corrected chi connectivity index (χ4v) is 1.78. The van der Waals surface area contributed by atoms with E-state index in [4.69, 9.17) is 0 Å². The van der Waals surface area contributed by atoms with Crippen molar-refractivity contribution in [1.82, 2.24) is 9.78 Å². The SMILES string of the molecule is CC(Nc1ccccc1Cn1cccn1)C(C)(C)O. The molecule has 1 unspecified atom stereocenters. The maximum absolute atomic E-state index is 10.0. The molecule has 0 bridgehead atoms. The van der Waals surface area contributed by atoms with E-state index in [1.165, 1.54) is 0 Å². The summed E-state index contributed by atoms with van der Waals surface area (Å²) in [6, 6.07) is 9.98. The van der Waals surface area contributed by atoms with Gasteiger partial charge in [0.15, 0.2) is 0 Å². The maximum Gasteiger partial charge on any atom is 0.0789 e. The molecule has 4 heteroatoms. The first-order valence-electron chi connectivity index (χ1n) is 6.51. The molecular weight excluding hydrogens is 238 g/mol. The molecule has 4 nitrogen and oxygen atoms in total. The summed E-state index contributed by atoms with van der Waals surface area (Å²) < 4.78 is 1.88. The van der Waals surface area contributed by atoms with E-state index in [2.05, 4.69) is 16.5 Å². The highest BCUT2D eigenvalue weighted by atomic mass is 16.3. The van der Waals surface area contributed by atoms with Gasteiger partial charge in [0.2, 0.25) is 0 Å². The molecular formula is C15H21N3O. The molecule has 1 atom stereocenters. The van der Waals surface area contributed by atoms with Crippen molar-refractivity contribution in [3.8, 4) is 0 Å². The third-order valence-electron chi connectivity index (χ3n) is 3.34. The van der Waals surface area contributed by atoms with Crippen molar-refractivity contribution in [1.29, 1.82) is 0 Å². The van der Waals surface area contributed by atoms with Gasteiger partial charge in [0, 0.05) is 18.1 Å². The molecule has 0 aliphatic rings. The fraction of sp³-hybridized carbons (Fsp3) is 0.400. The summed E-state index contributed by atoms with van der Waals surface area (Å²) in [5.74, 6) is 0. The molecule has 0 radical (unpaired) electrons. The fourth-order valence-electron chi connectivity index (χ4n) is 1.78. The third kappa shape index (κ3) is 3.58. The van der Waals surface area contributed by atoms with Gasteiger partial charge < -0.3 is 10.4 Å². The van der Waals surface area contributed by atoms with Crippen LogP contribution in [0.25, 0.3) is 0 Å². The molecule has 0 spiro atoms. The number of aliphatic hydroxyl groups is 1. The second-order valence-corrected chi connectivity index (χ2v) is 5.38. The highest BCUT2D eigenvalue weighted by Crippen LogP contribution is 2.20. The van der Waals surface area contributed by atoms with Gasteiger partial charge in [-0.2, -0.15) is 5.10 Å². The first-order chi connectivity index (χ1) is 8.97. The van der Waals surface area contributed by atoms with Gasteiger partial charge in [0.05, 0.1) is 18.2 Å². The highest BCUT2D eigenvalue weighted by Gasteiger charge is 2.22. The number of para-hydroxylation sites is 1. The number of benzene rings is 1. The minimum absolute atomic E-state index is 0.0359. The Kier molecular flexibility index (Phi) is 3.90. The van der Waals surface area contributed by atoms with Gasteiger partial charge in [-0.25, -0.2) is 0 Å². The summed E-state index contributed by atoms with van der Waals surface area (Å²) in [4.78, 5) is 0. The minimum atomic E-state index is -0.765. The van der Waals surface area contributed by atoms with Gasteiger partial charge in [-0.1, -0.05) is 18.2 Å². The number of anilines is 1. The van der Waals surface area contributed by atoms with Crippen LogP contribution in [-0.4, -0.2) is 26.5 Å². The Balaban J connectivity index is 2.17. The lowest BCUT2D eigenvalue weighted by Gasteiger charge is -2.28. The summed E-state index contributed by atoms with van der Waals surface area (Å²) in [5, 5.41) is 17.6. The van der Waals surface area contributed by atoms with Crippen LogP contribution in [0.4, 0.5) is 5.69 Å². The molecule has 2 rings (SSSR count). The van der Waals surface area contributed by atoms with Gasteiger partial charge in [-0.15, -0.1) is 0 Å². The Labute approximate surface area is 114 Å². The number of rotatable bonds is 5. The van der Waals surface area contributed by atoms with E-state index in [1.54, 1.807) is 20.0 Å². The molecule has 2 N–H and O–H groups in total. The number of nitrogens with one attached hydrogen (secondary N) is 1. The summed E-state index contributed by atoms with van der Waals surface area (Å²) in [6.45, 7) is 6.31. The lowest BCUT2D eigenvalue weighted by Crippen LogP contribution is -2.39. The second kappa shape index (κ2) is 5.45. The van der Waals surface area contributed by atoms with Gasteiger partial charge in [-0.05, 0) is 38.5 Å². The number of hydrogen-bond acceptors (Lipinski definition) is 3. The molecule has 0 aliphatic carbocycles. The number of hydrogen-bond donors (Lipinski definition) is 2. The van der Waals surface area contributed by atoms with E-state index in [0.29, 0.717) is 0 Å². The molecule has 2 aromatic rings. The second-order valence-electron chi connectivity index (χ2n) is 5.38. The minimum Gasteiger partial charge on any atom is -0.388 e. The molecule has 19 heavy (non-hydrogen) atoms. The van der Waals surface area contributed by atoms with Crippen LogP contribution in [0.5, 0.6) is 0 Å². The number of nitrogens with zero attached hydrogens (tertiary/aromatic N) is 2. The number of aromatic nitrogens is 2. The third-order valence-corrected chi connectivity index (χ3v) is 3.34. The summed E-state index contributed by atoms with van der Waals surface area (Å²) in [7, 11) is 0. The van der Waals surface area contributed by atoms with E-state index >= 15 is 0 Å². The Morgan fingerprint density at radius 1 is 1.32 bits per heavy atom. The van der Waals surface area contributed by atoms with Crippen LogP contribution >= 0.6 is 0 Å². The van der Waals surface area contributed by atoms with Crippen LogP contribution in [0.15, 0.2) is 42.7 Å². The van der Waals surface area contributed by atoms with Gasteiger partial charge in [0.25, 0.3) is 0 Å². The first kappa shape index (κ1) is 13.6. The average molecular weight is 259 g/mol. The van der Waals surface area contributed by atoms with Crippen molar-refractivity contribution in [2.45, 2.75) is 39.0 Å². The molecule has 0 saturated carbocycles. The first-order valence-corrected chi connectivity index (χ1v) is 6.51. The summed E-state index contributed by atoms with van der Waals surface area (Å²) in [6.07, 6.45) is 3.71. The van der Waals surface area contributed by atoms with Crippen molar-refractivity contribution in [3.63, 3.8) is 0 Å². The molecule has 0 fully saturated rings. The summed E-state index contributed by atoms with van der Waals surface area (Å²) >= 11 is 0. The van der Waals surface area contributed by atoms with Crippen molar-refractivity contribution in [2.24, 2.45) is 0 Å². The van der Waals surface area contributed by atoms with Crippen LogP contribution in [0.1, 0.15) is 26.3 Å². The molecule has 1 aromatic heterocycles. The molecule has 1 heterocycles. The van der Waals surface area contributed by atoms with Crippen molar-refractivity contribution in [2.75, 3.05) is 5.32 Å². The molecule has 102 valence electrons. The molecule has 1 aromatic carbocycles. The monoisotopic (exact) mass is 259 g/mol. The lowest BCUT2D eigenvalue weighted by molar-refractivity contribution is 0.0649. The maximum atomic E-state index is 10.0. The Bertz CT molecular complexity index is 514. The highest BCUT2D eigenvalue weighted by molar-refractivity contribution is 5.52.